The first-order valence-electron chi connectivity index (χ1n) is 32.7. The molecule has 0 aliphatic heterocycles. The monoisotopic (exact) mass is 1090 g/mol. The molecule has 1 unspecified atom stereocenters. The van der Waals surface area contributed by atoms with Gasteiger partial charge in [0, 0.05) is 19.3 Å². The van der Waals surface area contributed by atoms with Gasteiger partial charge >= 0.3 is 17.9 Å². The Labute approximate surface area is 487 Å². The average Bonchev–Trinajstić information content (AvgIpc) is 3.45. The number of esters is 3. The molecule has 0 bridgehead atoms. The largest absolute Gasteiger partial charge is 0.462 e. The van der Waals surface area contributed by atoms with Gasteiger partial charge in [-0.3, -0.25) is 14.4 Å². The van der Waals surface area contributed by atoms with Gasteiger partial charge in [-0.25, -0.2) is 0 Å². The second kappa shape index (κ2) is 66.1. The molecule has 0 aromatic heterocycles. The smallest absolute Gasteiger partial charge is 0.306 e. The lowest BCUT2D eigenvalue weighted by Gasteiger charge is -2.18. The molecule has 0 heterocycles. The third-order valence-electron chi connectivity index (χ3n) is 13.6. The number of rotatable bonds is 58. The first-order valence-corrected chi connectivity index (χ1v) is 32.7. The molecule has 6 heteroatoms. The van der Waals surface area contributed by atoms with Gasteiger partial charge in [0.25, 0.3) is 0 Å². The van der Waals surface area contributed by atoms with E-state index in [2.05, 4.69) is 154 Å². The highest BCUT2D eigenvalue weighted by atomic mass is 16.6. The summed E-state index contributed by atoms with van der Waals surface area (Å²) in [5.41, 5.74) is 0. The number of hydrogen-bond donors (Lipinski definition) is 0. The molecule has 0 radical (unpaired) electrons. The fourth-order valence-corrected chi connectivity index (χ4v) is 8.73. The lowest BCUT2D eigenvalue weighted by atomic mass is 10.0. The van der Waals surface area contributed by atoms with Crippen molar-refractivity contribution in [2.75, 3.05) is 13.2 Å². The molecule has 0 aliphatic rings. The number of ether oxygens (including phenoxy) is 3. The summed E-state index contributed by atoms with van der Waals surface area (Å²) in [4.78, 5) is 38.2. The SMILES string of the molecule is CC/C=C\C/C=C\C/C=C\C/C=C\C/C=C\C/C=C\C/C=C\CCCCCCCCCCCCCCCC(=O)OCC(COC(=O)CCCCCCC/C=C\C/C=C\CCC)OC(=O)CCCCCCC/C=C\C/C=C\CCC. The second-order valence-electron chi connectivity index (χ2n) is 21.3. The van der Waals surface area contributed by atoms with Crippen molar-refractivity contribution >= 4 is 17.9 Å². The zero-order chi connectivity index (χ0) is 57.1. The minimum atomic E-state index is -0.794. The van der Waals surface area contributed by atoms with E-state index in [1.165, 1.54) is 83.5 Å². The van der Waals surface area contributed by atoms with Crippen molar-refractivity contribution < 1.29 is 28.6 Å². The molecule has 79 heavy (non-hydrogen) atoms. The van der Waals surface area contributed by atoms with Gasteiger partial charge in [-0.2, -0.15) is 0 Å². The van der Waals surface area contributed by atoms with Crippen LogP contribution >= 0.6 is 0 Å². The van der Waals surface area contributed by atoms with Crippen LogP contribution in [0.3, 0.4) is 0 Å². The minimum absolute atomic E-state index is 0.0904. The Hall–Kier alpha value is -4.45. The summed E-state index contributed by atoms with van der Waals surface area (Å²) in [7, 11) is 0. The van der Waals surface area contributed by atoms with Gasteiger partial charge in [-0.1, -0.05) is 276 Å². The van der Waals surface area contributed by atoms with Crippen LogP contribution in [0, 0.1) is 0 Å². The second-order valence-corrected chi connectivity index (χ2v) is 21.3. The third-order valence-corrected chi connectivity index (χ3v) is 13.6. The fraction of sp³-hybridized carbons (Fsp3) is 0.658. The van der Waals surface area contributed by atoms with Crippen molar-refractivity contribution in [1.29, 1.82) is 0 Å². The predicted molar refractivity (Wildman–Crippen MR) is 343 cm³/mol. The Kier molecular flexibility index (Phi) is 62.3. The van der Waals surface area contributed by atoms with Crippen LogP contribution in [0.15, 0.2) is 134 Å². The molecule has 1 atom stereocenters. The van der Waals surface area contributed by atoms with Crippen LogP contribution in [0.5, 0.6) is 0 Å². The van der Waals surface area contributed by atoms with Crippen LogP contribution in [0.4, 0.5) is 0 Å². The Balaban J connectivity index is 4.17. The van der Waals surface area contributed by atoms with Crippen LogP contribution in [-0.4, -0.2) is 37.2 Å². The summed E-state index contributed by atoms with van der Waals surface area (Å²) in [6, 6.07) is 0. The van der Waals surface area contributed by atoms with Gasteiger partial charge in [0.15, 0.2) is 6.10 Å². The summed E-state index contributed by atoms with van der Waals surface area (Å²) in [6.45, 7) is 6.38. The molecular formula is C73H120O6. The number of hydrogen-bond acceptors (Lipinski definition) is 6. The van der Waals surface area contributed by atoms with Crippen LogP contribution in [-0.2, 0) is 28.6 Å². The van der Waals surface area contributed by atoms with Gasteiger partial charge < -0.3 is 14.2 Å². The van der Waals surface area contributed by atoms with Crippen molar-refractivity contribution in [3.05, 3.63) is 134 Å². The van der Waals surface area contributed by atoms with Gasteiger partial charge in [0.2, 0.25) is 0 Å². The zero-order valence-corrected chi connectivity index (χ0v) is 51.3. The zero-order valence-electron chi connectivity index (χ0n) is 51.3. The topological polar surface area (TPSA) is 78.9 Å². The van der Waals surface area contributed by atoms with Crippen LogP contribution in [0.1, 0.15) is 290 Å². The quantitative estimate of drug-likeness (QED) is 0.0261. The Morgan fingerprint density at radius 1 is 0.266 bits per heavy atom. The van der Waals surface area contributed by atoms with E-state index in [4.69, 9.17) is 14.2 Å². The van der Waals surface area contributed by atoms with Crippen molar-refractivity contribution in [2.45, 2.75) is 297 Å². The van der Waals surface area contributed by atoms with Crippen LogP contribution in [0.25, 0.3) is 0 Å². The first kappa shape index (κ1) is 74.5. The normalized spacial score (nSPS) is 13.0. The van der Waals surface area contributed by atoms with E-state index < -0.39 is 6.10 Å². The molecule has 0 N–H and O–H groups in total. The van der Waals surface area contributed by atoms with E-state index in [0.717, 1.165) is 167 Å². The first-order chi connectivity index (χ1) is 39.0. The average molecular weight is 1090 g/mol. The van der Waals surface area contributed by atoms with Crippen molar-refractivity contribution in [3.8, 4) is 0 Å². The fourth-order valence-electron chi connectivity index (χ4n) is 8.73. The summed E-state index contributed by atoms with van der Waals surface area (Å²) < 4.78 is 16.9. The van der Waals surface area contributed by atoms with E-state index in [-0.39, 0.29) is 31.1 Å². The summed E-state index contributed by atoms with van der Waals surface area (Å²) in [5, 5.41) is 0. The highest BCUT2D eigenvalue weighted by molar-refractivity contribution is 5.71. The maximum atomic E-state index is 12.9. The molecule has 0 aromatic carbocycles. The predicted octanol–water partition coefficient (Wildman–Crippen LogP) is 22.5. The molecule has 0 spiro atoms. The standard InChI is InChI=1S/C73H120O6/c1-4-7-10-13-16-19-22-25-26-27-28-29-30-31-32-33-34-35-36-37-38-39-40-41-42-43-44-45-46-49-51-54-57-60-63-66-72(75)78-69-70(79-73(76)67-64-61-58-55-52-48-24-21-18-15-12-9-6-3)68-77-71(74)65-62-59-56-53-50-47-23-20-17-14-11-8-5-2/h7,10-12,14-16,19-21,23-26,28-29,31-32,34-35,37-38,70H,4-6,8-9,13,17-18,22,27,30,33,36,39-69H2,1-3H3/b10-7-,14-11-,15-12-,19-16-,23-20-,24-21-,26-25-,29-28-,32-31-,35-34-,38-37-. The van der Waals surface area contributed by atoms with E-state index >= 15 is 0 Å². The van der Waals surface area contributed by atoms with Crippen molar-refractivity contribution in [1.82, 2.24) is 0 Å². The molecule has 448 valence electrons. The number of unbranched alkanes of at least 4 members (excludes halogenated alkanes) is 25. The summed E-state index contributed by atoms with van der Waals surface area (Å²) in [6.07, 6.45) is 93.3. The maximum absolute atomic E-state index is 12.9. The summed E-state index contributed by atoms with van der Waals surface area (Å²) >= 11 is 0. The molecule has 0 aromatic rings. The minimum Gasteiger partial charge on any atom is -0.462 e. The summed E-state index contributed by atoms with van der Waals surface area (Å²) in [5.74, 6) is -0.919. The highest BCUT2D eigenvalue weighted by Crippen LogP contribution is 2.16. The molecule has 0 aliphatic carbocycles. The van der Waals surface area contributed by atoms with Gasteiger partial charge in [0.1, 0.15) is 13.2 Å². The van der Waals surface area contributed by atoms with Gasteiger partial charge in [-0.15, -0.1) is 0 Å². The molecule has 0 amide bonds. The molecular weight excluding hydrogens is 973 g/mol. The van der Waals surface area contributed by atoms with E-state index in [9.17, 15) is 14.4 Å². The van der Waals surface area contributed by atoms with E-state index in [1.54, 1.807) is 0 Å². The van der Waals surface area contributed by atoms with Crippen LogP contribution < -0.4 is 0 Å². The molecule has 6 nitrogen and oxygen atoms in total. The molecule has 0 rings (SSSR count). The molecule has 0 fully saturated rings. The molecule has 0 saturated heterocycles. The number of allylic oxidation sites excluding steroid dienone is 22. The van der Waals surface area contributed by atoms with Gasteiger partial charge in [-0.05, 0) is 128 Å². The highest BCUT2D eigenvalue weighted by Gasteiger charge is 2.19. The van der Waals surface area contributed by atoms with E-state index in [0.29, 0.717) is 19.3 Å². The number of carbonyl (C=O) groups excluding carboxylic acids is 3. The number of carbonyl (C=O) groups is 3. The molecule has 0 saturated carbocycles. The van der Waals surface area contributed by atoms with Crippen LogP contribution in [0.2, 0.25) is 0 Å². The van der Waals surface area contributed by atoms with Crippen molar-refractivity contribution in [3.63, 3.8) is 0 Å². The van der Waals surface area contributed by atoms with Crippen molar-refractivity contribution in [2.24, 2.45) is 0 Å². The van der Waals surface area contributed by atoms with E-state index in [1.807, 2.05) is 0 Å². The Bertz CT molecular complexity index is 1680. The Morgan fingerprint density at radius 2 is 0.494 bits per heavy atom. The maximum Gasteiger partial charge on any atom is 0.306 e. The lowest BCUT2D eigenvalue weighted by molar-refractivity contribution is -0.167. The lowest BCUT2D eigenvalue weighted by Crippen LogP contribution is -2.30. The van der Waals surface area contributed by atoms with Gasteiger partial charge in [0.05, 0.1) is 0 Å². The third kappa shape index (κ3) is 64.3. The Morgan fingerprint density at radius 3 is 0.772 bits per heavy atom.